The fourth-order valence-electron chi connectivity index (χ4n) is 1.83. The molecule has 1 rings (SSSR count). The molecule has 0 aliphatic heterocycles. The second-order valence-electron chi connectivity index (χ2n) is 5.98. The van der Waals surface area contributed by atoms with Crippen LogP contribution in [0.25, 0.3) is 0 Å². The molecule has 0 unspecified atom stereocenters. The van der Waals surface area contributed by atoms with E-state index in [2.05, 4.69) is 31.8 Å². The minimum Gasteiger partial charge on any atom is -0.494 e. The van der Waals surface area contributed by atoms with E-state index in [9.17, 15) is 0 Å². The van der Waals surface area contributed by atoms with Crippen LogP contribution in [0.1, 0.15) is 18.4 Å². The molecular weight excluding hydrogens is 240 g/mol. The van der Waals surface area contributed by atoms with Gasteiger partial charge in [-0.15, -0.1) is 0 Å². The molecule has 0 heterocycles. The van der Waals surface area contributed by atoms with Crippen molar-refractivity contribution in [2.45, 2.75) is 44.9 Å². The highest BCUT2D eigenvalue weighted by Crippen LogP contribution is 2.15. The smallest absolute Gasteiger partial charge is 0.119 e. The highest BCUT2D eigenvalue weighted by molar-refractivity contribution is 6.76. The van der Waals surface area contributed by atoms with Gasteiger partial charge in [-0.2, -0.15) is 0 Å². The van der Waals surface area contributed by atoms with Crippen LogP contribution in [0.3, 0.4) is 0 Å². The van der Waals surface area contributed by atoms with Gasteiger partial charge < -0.3 is 9.84 Å². The van der Waals surface area contributed by atoms with Crippen molar-refractivity contribution >= 4 is 8.07 Å². The maximum Gasteiger partial charge on any atom is 0.119 e. The Labute approximate surface area is 112 Å². The number of rotatable bonds is 8. The van der Waals surface area contributed by atoms with E-state index in [1.807, 2.05) is 12.1 Å². The summed E-state index contributed by atoms with van der Waals surface area (Å²) in [4.78, 5) is 0. The number of hydrogen-bond donors (Lipinski definition) is 1. The van der Waals surface area contributed by atoms with Gasteiger partial charge in [-0.1, -0.05) is 37.8 Å². The third kappa shape index (κ3) is 6.82. The Bertz CT molecular complexity index is 327. The van der Waals surface area contributed by atoms with Crippen LogP contribution >= 0.6 is 0 Å². The van der Waals surface area contributed by atoms with E-state index in [1.165, 1.54) is 11.6 Å². The molecule has 0 aliphatic carbocycles. The maximum atomic E-state index is 8.77. The fraction of sp³-hybridized carbons (Fsp3) is 0.600. The molecule has 3 heteroatoms. The molecule has 1 aromatic rings. The summed E-state index contributed by atoms with van der Waals surface area (Å²) in [5.41, 5.74) is 1.26. The lowest BCUT2D eigenvalue weighted by molar-refractivity contribution is 0.288. The fourth-order valence-corrected chi connectivity index (χ4v) is 3.03. The Morgan fingerprint density at radius 2 is 1.72 bits per heavy atom. The summed E-state index contributed by atoms with van der Waals surface area (Å²) in [5, 5.41) is 8.77. The molecule has 0 bridgehead atoms. The van der Waals surface area contributed by atoms with Crippen molar-refractivity contribution in [3.05, 3.63) is 29.8 Å². The van der Waals surface area contributed by atoms with Gasteiger partial charge in [0.15, 0.2) is 0 Å². The third-order valence-electron chi connectivity index (χ3n) is 2.89. The van der Waals surface area contributed by atoms with E-state index in [4.69, 9.17) is 9.84 Å². The molecule has 18 heavy (non-hydrogen) atoms. The molecule has 0 saturated heterocycles. The molecule has 1 aromatic carbocycles. The molecule has 0 radical (unpaired) electrons. The van der Waals surface area contributed by atoms with Crippen LogP contribution in [0, 0.1) is 0 Å². The van der Waals surface area contributed by atoms with Gasteiger partial charge in [0.25, 0.3) is 0 Å². The van der Waals surface area contributed by atoms with Crippen LogP contribution in [0.15, 0.2) is 24.3 Å². The van der Waals surface area contributed by atoms with Gasteiger partial charge in [-0.05, 0) is 37.0 Å². The van der Waals surface area contributed by atoms with Crippen molar-refractivity contribution in [3.8, 4) is 5.75 Å². The van der Waals surface area contributed by atoms with Crippen LogP contribution in [0.4, 0.5) is 0 Å². The highest BCUT2D eigenvalue weighted by Gasteiger charge is 2.11. The minimum absolute atomic E-state index is 0.259. The number of aryl methyl sites for hydroxylation is 1. The first kappa shape index (κ1) is 15.3. The van der Waals surface area contributed by atoms with Crippen molar-refractivity contribution in [1.29, 1.82) is 0 Å². The van der Waals surface area contributed by atoms with E-state index in [0.717, 1.165) is 31.6 Å². The van der Waals surface area contributed by atoms with Crippen LogP contribution in [-0.4, -0.2) is 26.4 Å². The zero-order chi connectivity index (χ0) is 13.4. The summed E-state index contributed by atoms with van der Waals surface area (Å²) in [6.45, 7) is 8.25. The molecule has 0 aliphatic rings. The molecule has 1 N–H and O–H groups in total. The molecule has 0 saturated carbocycles. The Hall–Kier alpha value is -0.803. The molecule has 102 valence electrons. The summed E-state index contributed by atoms with van der Waals surface area (Å²) < 4.78 is 5.73. The minimum atomic E-state index is -0.923. The van der Waals surface area contributed by atoms with Gasteiger partial charge in [-0.25, -0.2) is 0 Å². The van der Waals surface area contributed by atoms with Gasteiger partial charge in [0.1, 0.15) is 5.75 Å². The summed E-state index contributed by atoms with van der Waals surface area (Å²) in [6, 6.07) is 9.55. The van der Waals surface area contributed by atoms with Gasteiger partial charge >= 0.3 is 0 Å². The van der Waals surface area contributed by atoms with Crippen LogP contribution in [0.2, 0.25) is 25.7 Å². The van der Waals surface area contributed by atoms with E-state index < -0.39 is 8.07 Å². The number of ether oxygens (including phenoxy) is 1. The first-order valence-electron chi connectivity index (χ1n) is 6.84. The summed E-state index contributed by atoms with van der Waals surface area (Å²) >= 11 is 0. The summed E-state index contributed by atoms with van der Waals surface area (Å²) in [5.74, 6) is 0.957. The lowest BCUT2D eigenvalue weighted by Gasteiger charge is -2.15. The number of aliphatic hydroxyl groups is 1. The zero-order valence-corrected chi connectivity index (χ0v) is 12.9. The molecule has 2 nitrogen and oxygen atoms in total. The van der Waals surface area contributed by atoms with Crippen LogP contribution in [0.5, 0.6) is 5.75 Å². The molecule has 0 fully saturated rings. The molecule has 0 aromatic heterocycles. The third-order valence-corrected chi connectivity index (χ3v) is 4.74. The van der Waals surface area contributed by atoms with Crippen molar-refractivity contribution in [2.24, 2.45) is 0 Å². The van der Waals surface area contributed by atoms with Crippen LogP contribution < -0.4 is 4.74 Å². The molecule has 0 spiro atoms. The quantitative estimate of drug-likeness (QED) is 0.574. The molecule has 0 atom stereocenters. The van der Waals surface area contributed by atoms with E-state index in [1.54, 1.807) is 0 Å². The standard InChI is InChI=1S/C15H26O2Si/c1-18(2,3)13-5-12-17-15-9-7-14(8-10-15)6-4-11-16/h7-10,16H,4-6,11-13H2,1-3H3. The zero-order valence-electron chi connectivity index (χ0n) is 11.9. The predicted octanol–water partition coefficient (Wildman–Crippen LogP) is 3.72. The number of aliphatic hydroxyl groups excluding tert-OH is 1. The SMILES string of the molecule is C[Si](C)(C)CCCOc1ccc(CCCO)cc1. The van der Waals surface area contributed by atoms with Gasteiger partial charge in [-0.3, -0.25) is 0 Å². The van der Waals surface area contributed by atoms with Crippen molar-refractivity contribution in [1.82, 2.24) is 0 Å². The second-order valence-corrected chi connectivity index (χ2v) is 11.6. The Morgan fingerprint density at radius 3 is 2.28 bits per heavy atom. The van der Waals surface area contributed by atoms with Crippen molar-refractivity contribution in [2.75, 3.05) is 13.2 Å². The monoisotopic (exact) mass is 266 g/mol. The van der Waals surface area contributed by atoms with Crippen LogP contribution in [-0.2, 0) is 6.42 Å². The average Bonchev–Trinajstić information content (AvgIpc) is 2.32. The largest absolute Gasteiger partial charge is 0.494 e. The van der Waals surface area contributed by atoms with Crippen molar-refractivity contribution in [3.63, 3.8) is 0 Å². The molecule has 0 amide bonds. The lowest BCUT2D eigenvalue weighted by Crippen LogP contribution is -2.19. The lowest BCUT2D eigenvalue weighted by atomic mass is 10.1. The Kier molecular flexibility index (Phi) is 6.43. The van der Waals surface area contributed by atoms with Gasteiger partial charge in [0, 0.05) is 14.7 Å². The average molecular weight is 266 g/mol. The van der Waals surface area contributed by atoms with E-state index in [0.29, 0.717) is 0 Å². The number of hydrogen-bond acceptors (Lipinski definition) is 2. The summed E-state index contributed by atoms with van der Waals surface area (Å²) in [6.07, 6.45) is 2.92. The van der Waals surface area contributed by atoms with Crippen molar-refractivity contribution < 1.29 is 9.84 Å². The molecular formula is C15H26O2Si. The number of benzene rings is 1. The summed E-state index contributed by atoms with van der Waals surface area (Å²) in [7, 11) is -0.923. The van der Waals surface area contributed by atoms with Gasteiger partial charge in [0.05, 0.1) is 6.61 Å². The maximum absolute atomic E-state index is 8.77. The first-order chi connectivity index (χ1) is 8.51. The topological polar surface area (TPSA) is 29.5 Å². The highest BCUT2D eigenvalue weighted by atomic mass is 28.3. The van der Waals surface area contributed by atoms with E-state index in [-0.39, 0.29) is 6.61 Å². The Balaban J connectivity index is 2.26. The van der Waals surface area contributed by atoms with Gasteiger partial charge in [0.2, 0.25) is 0 Å². The second kappa shape index (κ2) is 7.59. The predicted molar refractivity (Wildman–Crippen MR) is 80.1 cm³/mol. The van der Waals surface area contributed by atoms with E-state index >= 15 is 0 Å². The first-order valence-corrected chi connectivity index (χ1v) is 10.5. The Morgan fingerprint density at radius 1 is 1.06 bits per heavy atom. The normalized spacial score (nSPS) is 11.6.